The maximum absolute atomic E-state index is 12.4. The maximum atomic E-state index is 12.4. The third-order valence-electron chi connectivity index (χ3n) is 4.29. The van der Waals surface area contributed by atoms with E-state index in [1.807, 2.05) is 49.6 Å². The van der Waals surface area contributed by atoms with Crippen molar-refractivity contribution in [2.75, 3.05) is 13.1 Å². The van der Waals surface area contributed by atoms with Gasteiger partial charge in [0.15, 0.2) is 0 Å². The van der Waals surface area contributed by atoms with Gasteiger partial charge in [0.05, 0.1) is 17.7 Å². The van der Waals surface area contributed by atoms with E-state index in [0.29, 0.717) is 19.5 Å². The number of nitrogens with one attached hydrogen (secondary N) is 1. The van der Waals surface area contributed by atoms with Gasteiger partial charge in [-0.25, -0.2) is 4.98 Å². The van der Waals surface area contributed by atoms with Crippen LogP contribution in [0.25, 0.3) is 11.3 Å². The smallest absolute Gasteiger partial charge is 0.225 e. The van der Waals surface area contributed by atoms with E-state index in [2.05, 4.69) is 10.3 Å². The highest BCUT2D eigenvalue weighted by Gasteiger charge is 2.34. The van der Waals surface area contributed by atoms with Crippen molar-refractivity contribution in [3.05, 3.63) is 40.7 Å². The van der Waals surface area contributed by atoms with Crippen molar-refractivity contribution in [2.24, 2.45) is 5.92 Å². The molecule has 0 unspecified atom stereocenters. The molecule has 1 fully saturated rings. The second-order valence-corrected chi connectivity index (χ2v) is 6.89. The number of aromatic nitrogens is 1. The molecule has 24 heavy (non-hydrogen) atoms. The molecule has 0 radical (unpaired) electrons. The number of nitrogens with zero attached hydrogens (tertiary/aromatic N) is 2. The predicted molar refractivity (Wildman–Crippen MR) is 94.5 cm³/mol. The lowest BCUT2D eigenvalue weighted by atomic mass is 10.1. The molecule has 1 aliphatic rings. The Morgan fingerprint density at radius 3 is 2.83 bits per heavy atom. The van der Waals surface area contributed by atoms with Crippen LogP contribution in [0.4, 0.5) is 0 Å². The van der Waals surface area contributed by atoms with Gasteiger partial charge in [-0.05, 0) is 13.8 Å². The average molecular weight is 343 g/mol. The van der Waals surface area contributed by atoms with Gasteiger partial charge in [0.1, 0.15) is 5.01 Å². The molecule has 1 aromatic heterocycles. The third kappa shape index (κ3) is 3.48. The monoisotopic (exact) mass is 343 g/mol. The first-order chi connectivity index (χ1) is 11.6. The molecule has 2 amide bonds. The number of thiazole rings is 1. The Bertz CT molecular complexity index is 729. The minimum absolute atomic E-state index is 0.0610. The molecule has 0 saturated carbocycles. The standard InChI is InChI=1S/C18H21N3O2S/c1-3-21-10-14(9-16(21)22)17(23)19-12(2)18-20-15(11-24-18)13-7-5-4-6-8-13/h4-8,11-12,14H,3,9-10H2,1-2H3,(H,19,23)/t12-,14-/m1/s1. The fraction of sp³-hybridized carbons (Fsp3) is 0.389. The fourth-order valence-electron chi connectivity index (χ4n) is 2.87. The first-order valence-corrected chi connectivity index (χ1v) is 9.05. The summed E-state index contributed by atoms with van der Waals surface area (Å²) in [6.07, 6.45) is 0.305. The van der Waals surface area contributed by atoms with Crippen LogP contribution in [0.2, 0.25) is 0 Å². The maximum Gasteiger partial charge on any atom is 0.225 e. The van der Waals surface area contributed by atoms with E-state index in [-0.39, 0.29) is 23.8 Å². The third-order valence-corrected chi connectivity index (χ3v) is 5.32. The van der Waals surface area contributed by atoms with E-state index in [4.69, 9.17) is 0 Å². The van der Waals surface area contributed by atoms with E-state index in [1.165, 1.54) is 11.3 Å². The Hall–Kier alpha value is -2.21. The van der Waals surface area contributed by atoms with Crippen molar-refractivity contribution >= 4 is 23.2 Å². The van der Waals surface area contributed by atoms with Crippen LogP contribution in [0.3, 0.4) is 0 Å². The van der Waals surface area contributed by atoms with Crippen LogP contribution < -0.4 is 5.32 Å². The van der Waals surface area contributed by atoms with Gasteiger partial charge >= 0.3 is 0 Å². The number of likely N-dealkylation sites (tertiary alicyclic amines) is 1. The summed E-state index contributed by atoms with van der Waals surface area (Å²) >= 11 is 1.54. The van der Waals surface area contributed by atoms with Gasteiger partial charge in [-0.2, -0.15) is 0 Å². The van der Waals surface area contributed by atoms with E-state index in [9.17, 15) is 9.59 Å². The molecule has 6 heteroatoms. The SMILES string of the molecule is CCN1C[C@H](C(=O)N[C@H](C)c2nc(-c3ccccc3)cs2)CC1=O. The van der Waals surface area contributed by atoms with Crippen LogP contribution in [0, 0.1) is 5.92 Å². The minimum Gasteiger partial charge on any atom is -0.347 e. The Balaban J connectivity index is 1.63. The zero-order chi connectivity index (χ0) is 17.1. The van der Waals surface area contributed by atoms with Crippen LogP contribution in [0.1, 0.15) is 31.3 Å². The summed E-state index contributed by atoms with van der Waals surface area (Å²) in [6.45, 7) is 5.04. The number of hydrogen-bond acceptors (Lipinski definition) is 4. The molecule has 1 saturated heterocycles. The number of hydrogen-bond donors (Lipinski definition) is 1. The zero-order valence-electron chi connectivity index (χ0n) is 13.9. The fourth-order valence-corrected chi connectivity index (χ4v) is 3.71. The normalized spacial score (nSPS) is 18.7. The predicted octanol–water partition coefficient (Wildman–Crippen LogP) is 2.86. The summed E-state index contributed by atoms with van der Waals surface area (Å²) in [5.41, 5.74) is 1.99. The number of amides is 2. The first-order valence-electron chi connectivity index (χ1n) is 8.17. The molecule has 0 spiro atoms. The number of carbonyl (C=O) groups is 2. The molecule has 0 aliphatic carbocycles. The van der Waals surface area contributed by atoms with Gasteiger partial charge in [0.2, 0.25) is 11.8 Å². The average Bonchev–Trinajstić information content (AvgIpc) is 3.22. The molecule has 2 heterocycles. The molecule has 5 nitrogen and oxygen atoms in total. The summed E-state index contributed by atoms with van der Waals surface area (Å²) in [5.74, 6) is -0.261. The summed E-state index contributed by atoms with van der Waals surface area (Å²) in [5, 5.41) is 5.88. The highest BCUT2D eigenvalue weighted by atomic mass is 32.1. The summed E-state index contributed by atoms with van der Waals surface area (Å²) in [6, 6.07) is 9.82. The molecule has 2 aromatic rings. The summed E-state index contributed by atoms with van der Waals surface area (Å²) in [7, 11) is 0. The van der Waals surface area contributed by atoms with Crippen molar-refractivity contribution in [1.82, 2.24) is 15.2 Å². The highest BCUT2D eigenvalue weighted by Crippen LogP contribution is 2.26. The molecular weight excluding hydrogens is 322 g/mol. The second-order valence-electron chi connectivity index (χ2n) is 6.00. The van der Waals surface area contributed by atoms with Crippen molar-refractivity contribution in [1.29, 1.82) is 0 Å². The molecule has 0 bridgehead atoms. The zero-order valence-corrected chi connectivity index (χ0v) is 14.7. The topological polar surface area (TPSA) is 62.3 Å². The van der Waals surface area contributed by atoms with Crippen LogP contribution in [-0.4, -0.2) is 34.8 Å². The molecule has 2 atom stereocenters. The van der Waals surface area contributed by atoms with Crippen molar-refractivity contribution < 1.29 is 9.59 Å². The molecule has 1 aliphatic heterocycles. The van der Waals surface area contributed by atoms with Gasteiger partial charge < -0.3 is 10.2 Å². The van der Waals surface area contributed by atoms with E-state index < -0.39 is 0 Å². The lowest BCUT2D eigenvalue weighted by Gasteiger charge is -2.16. The molecule has 126 valence electrons. The first kappa shape index (κ1) is 16.6. The quantitative estimate of drug-likeness (QED) is 0.908. The van der Waals surface area contributed by atoms with Crippen molar-refractivity contribution in [3.63, 3.8) is 0 Å². The molecule has 1 aromatic carbocycles. The van der Waals surface area contributed by atoms with E-state index in [0.717, 1.165) is 16.3 Å². The Morgan fingerprint density at radius 1 is 1.42 bits per heavy atom. The summed E-state index contributed by atoms with van der Waals surface area (Å²) in [4.78, 5) is 30.5. The van der Waals surface area contributed by atoms with E-state index in [1.54, 1.807) is 4.90 Å². The van der Waals surface area contributed by atoms with Gasteiger partial charge in [0.25, 0.3) is 0 Å². The van der Waals surface area contributed by atoms with Crippen molar-refractivity contribution in [3.8, 4) is 11.3 Å². The van der Waals surface area contributed by atoms with Gasteiger partial charge in [-0.3, -0.25) is 9.59 Å². The summed E-state index contributed by atoms with van der Waals surface area (Å²) < 4.78 is 0. The van der Waals surface area contributed by atoms with Crippen LogP contribution in [-0.2, 0) is 9.59 Å². The lowest BCUT2D eigenvalue weighted by Crippen LogP contribution is -2.34. The highest BCUT2D eigenvalue weighted by molar-refractivity contribution is 7.10. The van der Waals surface area contributed by atoms with Crippen LogP contribution >= 0.6 is 11.3 Å². The van der Waals surface area contributed by atoms with Gasteiger partial charge in [0, 0.05) is 30.5 Å². The Labute approximate surface area is 145 Å². The molecular formula is C18H21N3O2S. The van der Waals surface area contributed by atoms with Crippen molar-refractivity contribution in [2.45, 2.75) is 26.3 Å². The van der Waals surface area contributed by atoms with Gasteiger partial charge in [-0.15, -0.1) is 11.3 Å². The second kappa shape index (κ2) is 7.13. The Kier molecular flexibility index (Phi) is 4.94. The molecule has 3 rings (SSSR count). The van der Waals surface area contributed by atoms with E-state index >= 15 is 0 Å². The number of rotatable bonds is 5. The largest absolute Gasteiger partial charge is 0.347 e. The van der Waals surface area contributed by atoms with Crippen LogP contribution in [0.15, 0.2) is 35.7 Å². The molecule has 1 N–H and O–H groups in total. The number of benzene rings is 1. The number of carbonyl (C=O) groups excluding carboxylic acids is 2. The minimum atomic E-state index is -0.256. The van der Waals surface area contributed by atoms with Gasteiger partial charge in [-0.1, -0.05) is 30.3 Å². The Morgan fingerprint density at radius 2 is 2.17 bits per heavy atom. The van der Waals surface area contributed by atoms with Crippen LogP contribution in [0.5, 0.6) is 0 Å². The lowest BCUT2D eigenvalue weighted by molar-refractivity contribution is -0.129.